The normalized spacial score (nSPS) is 24.1. The molecule has 1 aromatic rings. The van der Waals surface area contributed by atoms with E-state index in [9.17, 15) is 8.42 Å². The van der Waals surface area contributed by atoms with Crippen LogP contribution in [0.1, 0.15) is 31.4 Å². The van der Waals surface area contributed by atoms with Crippen LogP contribution in [0.3, 0.4) is 0 Å². The van der Waals surface area contributed by atoms with E-state index >= 15 is 0 Å². The van der Waals surface area contributed by atoms with Crippen molar-refractivity contribution >= 4 is 15.7 Å². The van der Waals surface area contributed by atoms with E-state index < -0.39 is 9.84 Å². The van der Waals surface area contributed by atoms with E-state index in [1.54, 1.807) is 6.07 Å². The van der Waals surface area contributed by atoms with Crippen molar-refractivity contribution in [3.8, 4) is 5.75 Å². The molecule has 1 heterocycles. The van der Waals surface area contributed by atoms with Gasteiger partial charge in [0.2, 0.25) is 0 Å². The zero-order chi connectivity index (χ0) is 14.0. The van der Waals surface area contributed by atoms with Gasteiger partial charge in [0.05, 0.1) is 5.25 Å². The average molecular weight is 284 g/mol. The molecule has 106 valence electrons. The SMILES string of the molecule is Cc1ccc(OC2CCCC(S(C)(=O)=O)C2)c(N)n1. The lowest BCUT2D eigenvalue weighted by Gasteiger charge is -2.28. The molecule has 2 atom stereocenters. The van der Waals surface area contributed by atoms with Gasteiger partial charge in [-0.1, -0.05) is 0 Å². The van der Waals surface area contributed by atoms with Crippen LogP contribution < -0.4 is 10.5 Å². The second-order valence-electron chi connectivity index (χ2n) is 5.19. The van der Waals surface area contributed by atoms with Gasteiger partial charge in [-0.15, -0.1) is 0 Å². The number of sulfone groups is 1. The van der Waals surface area contributed by atoms with Crippen LogP contribution in [0.25, 0.3) is 0 Å². The van der Waals surface area contributed by atoms with Crippen molar-refractivity contribution in [1.82, 2.24) is 4.98 Å². The molecule has 2 N–H and O–H groups in total. The number of aryl methyl sites for hydroxylation is 1. The largest absolute Gasteiger partial charge is 0.487 e. The van der Waals surface area contributed by atoms with Crippen molar-refractivity contribution in [2.45, 2.75) is 44.0 Å². The average Bonchev–Trinajstić information content (AvgIpc) is 2.32. The Morgan fingerprint density at radius 2 is 2.11 bits per heavy atom. The lowest BCUT2D eigenvalue weighted by molar-refractivity contribution is 0.157. The fourth-order valence-corrected chi connectivity index (χ4v) is 3.60. The molecule has 1 saturated carbocycles. The smallest absolute Gasteiger partial charge is 0.166 e. The molecule has 1 aromatic heterocycles. The lowest BCUT2D eigenvalue weighted by Crippen LogP contribution is -2.33. The predicted octanol–water partition coefficient (Wildman–Crippen LogP) is 1.71. The number of nitrogens with two attached hydrogens (primary N) is 1. The molecular formula is C13H20N2O3S. The van der Waals surface area contributed by atoms with Crippen LogP contribution in [0.15, 0.2) is 12.1 Å². The van der Waals surface area contributed by atoms with Crippen LogP contribution in [0, 0.1) is 6.92 Å². The van der Waals surface area contributed by atoms with Gasteiger partial charge in [0, 0.05) is 18.4 Å². The first kappa shape index (κ1) is 14.1. The van der Waals surface area contributed by atoms with Crippen LogP contribution in [0.2, 0.25) is 0 Å². The summed E-state index contributed by atoms with van der Waals surface area (Å²) in [5.74, 6) is 0.909. The first-order valence-corrected chi connectivity index (χ1v) is 8.40. The summed E-state index contributed by atoms with van der Waals surface area (Å²) in [5.41, 5.74) is 6.64. The van der Waals surface area contributed by atoms with Gasteiger partial charge in [0.25, 0.3) is 0 Å². The van der Waals surface area contributed by atoms with Crippen LogP contribution in [-0.2, 0) is 9.84 Å². The van der Waals surface area contributed by atoms with Crippen LogP contribution >= 0.6 is 0 Å². The third-order valence-corrected chi connectivity index (χ3v) is 5.14. The van der Waals surface area contributed by atoms with Gasteiger partial charge < -0.3 is 10.5 Å². The Bertz CT molecular complexity index is 557. The maximum absolute atomic E-state index is 11.6. The van der Waals surface area contributed by atoms with Gasteiger partial charge in [-0.25, -0.2) is 13.4 Å². The summed E-state index contributed by atoms with van der Waals surface area (Å²) in [7, 11) is -2.99. The highest BCUT2D eigenvalue weighted by atomic mass is 32.2. The standard InChI is InChI=1S/C13H20N2O3S/c1-9-6-7-12(13(14)15-9)18-10-4-3-5-11(8-10)19(2,16)17/h6-7,10-11H,3-5,8H2,1-2H3,(H2,14,15). The number of nitrogens with zero attached hydrogens (tertiary/aromatic N) is 1. The first-order chi connectivity index (χ1) is 8.86. The summed E-state index contributed by atoms with van der Waals surface area (Å²) in [5, 5.41) is -0.300. The molecule has 19 heavy (non-hydrogen) atoms. The molecule has 2 rings (SSSR count). The van der Waals surface area contributed by atoms with Gasteiger partial charge in [-0.3, -0.25) is 0 Å². The van der Waals surface area contributed by atoms with E-state index in [0.717, 1.165) is 25.0 Å². The Morgan fingerprint density at radius 1 is 1.37 bits per heavy atom. The Balaban J connectivity index is 2.07. The van der Waals surface area contributed by atoms with Crippen LogP contribution in [0.5, 0.6) is 5.75 Å². The third kappa shape index (κ3) is 3.59. The van der Waals surface area contributed by atoms with E-state index in [1.807, 2.05) is 13.0 Å². The molecule has 0 aliphatic heterocycles. The molecule has 0 bridgehead atoms. The maximum Gasteiger partial charge on any atom is 0.166 e. The minimum atomic E-state index is -2.99. The fraction of sp³-hybridized carbons (Fsp3) is 0.615. The number of hydrogen-bond acceptors (Lipinski definition) is 5. The molecule has 1 fully saturated rings. The van der Waals surface area contributed by atoms with Gasteiger partial charge in [0.1, 0.15) is 15.9 Å². The fourth-order valence-electron chi connectivity index (χ4n) is 2.44. The van der Waals surface area contributed by atoms with Crippen molar-refractivity contribution in [3.63, 3.8) is 0 Å². The van der Waals surface area contributed by atoms with Crippen molar-refractivity contribution < 1.29 is 13.2 Å². The van der Waals surface area contributed by atoms with Gasteiger partial charge >= 0.3 is 0 Å². The highest BCUT2D eigenvalue weighted by molar-refractivity contribution is 7.91. The van der Waals surface area contributed by atoms with Crippen molar-refractivity contribution in [3.05, 3.63) is 17.8 Å². The Labute approximate surface area is 114 Å². The number of hydrogen-bond donors (Lipinski definition) is 1. The number of aromatic nitrogens is 1. The summed E-state index contributed by atoms with van der Waals surface area (Å²) in [6, 6.07) is 3.63. The highest BCUT2D eigenvalue weighted by Crippen LogP contribution is 2.29. The van der Waals surface area contributed by atoms with Crippen molar-refractivity contribution in [1.29, 1.82) is 0 Å². The molecule has 2 unspecified atom stereocenters. The molecule has 5 nitrogen and oxygen atoms in total. The molecule has 1 aliphatic rings. The number of nitrogen functional groups attached to an aromatic ring is 1. The van der Waals surface area contributed by atoms with Crippen molar-refractivity contribution in [2.24, 2.45) is 0 Å². The molecular weight excluding hydrogens is 264 g/mol. The van der Waals surface area contributed by atoms with Crippen molar-refractivity contribution in [2.75, 3.05) is 12.0 Å². The molecule has 0 saturated heterocycles. The Kier molecular flexibility index (Phi) is 3.99. The van der Waals surface area contributed by atoms with Gasteiger partial charge in [-0.05, 0) is 38.3 Å². The minimum absolute atomic E-state index is 0.0970. The summed E-state index contributed by atoms with van der Waals surface area (Å²) in [4.78, 5) is 4.14. The van der Waals surface area contributed by atoms with Crippen LogP contribution in [-0.4, -0.2) is 31.0 Å². The second-order valence-corrected chi connectivity index (χ2v) is 7.52. The number of ether oxygens (including phenoxy) is 1. The molecule has 0 radical (unpaired) electrons. The molecule has 1 aliphatic carbocycles. The number of pyridine rings is 1. The topological polar surface area (TPSA) is 82.3 Å². The van der Waals surface area contributed by atoms with E-state index in [1.165, 1.54) is 6.26 Å². The molecule has 0 aromatic carbocycles. The lowest BCUT2D eigenvalue weighted by atomic mass is 9.97. The second kappa shape index (κ2) is 5.36. The molecule has 0 spiro atoms. The van der Waals surface area contributed by atoms with E-state index in [2.05, 4.69) is 4.98 Å². The zero-order valence-electron chi connectivity index (χ0n) is 11.3. The first-order valence-electron chi connectivity index (χ1n) is 6.45. The summed E-state index contributed by atoms with van der Waals surface area (Å²) >= 11 is 0. The quantitative estimate of drug-likeness (QED) is 0.913. The molecule has 6 heteroatoms. The van der Waals surface area contributed by atoms with Gasteiger partial charge in [0.15, 0.2) is 11.6 Å². The van der Waals surface area contributed by atoms with E-state index in [4.69, 9.17) is 10.5 Å². The summed E-state index contributed by atoms with van der Waals surface area (Å²) in [6.07, 6.45) is 4.18. The Hall–Kier alpha value is -1.30. The number of rotatable bonds is 3. The Morgan fingerprint density at radius 3 is 2.74 bits per heavy atom. The summed E-state index contributed by atoms with van der Waals surface area (Å²) in [6.45, 7) is 1.86. The summed E-state index contributed by atoms with van der Waals surface area (Å²) < 4.78 is 29.0. The minimum Gasteiger partial charge on any atom is -0.487 e. The van der Waals surface area contributed by atoms with Gasteiger partial charge in [-0.2, -0.15) is 0 Å². The zero-order valence-corrected chi connectivity index (χ0v) is 12.1. The number of anilines is 1. The molecule has 0 amide bonds. The van der Waals surface area contributed by atoms with Crippen LogP contribution in [0.4, 0.5) is 5.82 Å². The highest BCUT2D eigenvalue weighted by Gasteiger charge is 2.30. The third-order valence-electron chi connectivity index (χ3n) is 3.50. The van der Waals surface area contributed by atoms with E-state index in [0.29, 0.717) is 18.0 Å². The van der Waals surface area contributed by atoms with E-state index in [-0.39, 0.29) is 11.4 Å². The predicted molar refractivity (Wildman–Crippen MR) is 74.9 cm³/mol. The maximum atomic E-state index is 11.6. The monoisotopic (exact) mass is 284 g/mol.